The van der Waals surface area contributed by atoms with Crippen molar-refractivity contribution in [1.82, 2.24) is 4.98 Å². The zero-order chi connectivity index (χ0) is 20.0. The van der Waals surface area contributed by atoms with Crippen molar-refractivity contribution in [3.8, 4) is 6.07 Å². The maximum absolute atomic E-state index is 12.2. The summed E-state index contributed by atoms with van der Waals surface area (Å²) in [6, 6.07) is 8.81. The van der Waals surface area contributed by atoms with E-state index >= 15 is 0 Å². The molecule has 0 unspecified atom stereocenters. The van der Waals surface area contributed by atoms with Crippen molar-refractivity contribution in [1.29, 1.82) is 5.26 Å². The second-order valence-electron chi connectivity index (χ2n) is 5.77. The molecule has 27 heavy (non-hydrogen) atoms. The van der Waals surface area contributed by atoms with Gasteiger partial charge in [-0.05, 0) is 37.1 Å². The summed E-state index contributed by atoms with van der Waals surface area (Å²) in [5.41, 5.74) is 2.61. The largest absolute Gasteiger partial charge is 0.465 e. The van der Waals surface area contributed by atoms with Crippen molar-refractivity contribution < 1.29 is 23.9 Å². The fourth-order valence-corrected chi connectivity index (χ4v) is 2.56. The Hall–Kier alpha value is -3.60. The Labute approximate surface area is 156 Å². The molecular weight excluding hydrogens is 350 g/mol. The summed E-state index contributed by atoms with van der Waals surface area (Å²) in [5, 5.41) is 11.2. The van der Waals surface area contributed by atoms with Gasteiger partial charge in [-0.1, -0.05) is 12.1 Å². The van der Waals surface area contributed by atoms with Crippen LogP contribution >= 0.6 is 0 Å². The van der Waals surface area contributed by atoms with Crippen molar-refractivity contribution in [3.05, 3.63) is 52.3 Å². The highest BCUT2D eigenvalue weighted by Gasteiger charge is 2.23. The predicted molar refractivity (Wildman–Crippen MR) is 96.3 cm³/mol. The number of amides is 1. The number of carbonyl (C=O) groups excluding carboxylic acids is 3. The van der Waals surface area contributed by atoms with E-state index in [0.29, 0.717) is 16.9 Å². The highest BCUT2D eigenvalue weighted by atomic mass is 16.5. The van der Waals surface area contributed by atoms with Gasteiger partial charge in [-0.2, -0.15) is 5.26 Å². The number of esters is 2. The van der Waals surface area contributed by atoms with Crippen LogP contribution in [-0.4, -0.2) is 36.5 Å². The summed E-state index contributed by atoms with van der Waals surface area (Å²) >= 11 is 0. The van der Waals surface area contributed by atoms with Gasteiger partial charge in [0.1, 0.15) is 5.69 Å². The number of rotatable bonds is 6. The minimum absolute atomic E-state index is 0.0987. The Morgan fingerprint density at radius 2 is 1.81 bits per heavy atom. The van der Waals surface area contributed by atoms with Gasteiger partial charge in [0.2, 0.25) is 0 Å². The molecule has 8 heteroatoms. The van der Waals surface area contributed by atoms with E-state index in [1.807, 2.05) is 6.07 Å². The molecule has 1 aromatic heterocycles. The molecular formula is C19H19N3O5. The van der Waals surface area contributed by atoms with Gasteiger partial charge in [-0.15, -0.1) is 0 Å². The minimum Gasteiger partial charge on any atom is -0.465 e. The van der Waals surface area contributed by atoms with E-state index in [0.717, 1.165) is 5.56 Å². The molecule has 0 fully saturated rings. The number of anilines is 1. The summed E-state index contributed by atoms with van der Waals surface area (Å²) in [6.07, 6.45) is 0.286. The lowest BCUT2D eigenvalue weighted by Gasteiger charge is -2.07. The molecule has 2 N–H and O–H groups in total. The molecule has 0 aliphatic rings. The molecule has 8 nitrogen and oxygen atoms in total. The molecule has 0 spiro atoms. The van der Waals surface area contributed by atoms with Crippen LogP contribution in [0.25, 0.3) is 0 Å². The monoisotopic (exact) mass is 369 g/mol. The smallest absolute Gasteiger partial charge is 0.355 e. The fraction of sp³-hybridized carbons (Fsp3) is 0.263. The number of ether oxygens (including phenoxy) is 2. The number of carbonyl (C=O) groups is 3. The van der Waals surface area contributed by atoms with Crippen molar-refractivity contribution >= 4 is 23.5 Å². The minimum atomic E-state index is -0.745. The van der Waals surface area contributed by atoms with E-state index in [-0.39, 0.29) is 17.7 Å². The van der Waals surface area contributed by atoms with Crippen molar-refractivity contribution in [2.45, 2.75) is 20.3 Å². The van der Waals surface area contributed by atoms with Gasteiger partial charge < -0.3 is 19.8 Å². The zero-order valence-corrected chi connectivity index (χ0v) is 15.2. The third kappa shape index (κ3) is 4.73. The van der Waals surface area contributed by atoms with E-state index < -0.39 is 24.5 Å². The molecule has 1 heterocycles. The molecule has 2 rings (SSSR count). The van der Waals surface area contributed by atoms with Crippen LogP contribution < -0.4 is 5.32 Å². The number of H-pyrrole nitrogens is 1. The Bertz CT molecular complexity index is 907. The van der Waals surface area contributed by atoms with Crippen molar-refractivity contribution in [2.75, 3.05) is 19.0 Å². The number of aromatic amines is 1. The number of nitriles is 1. The zero-order valence-electron chi connectivity index (χ0n) is 15.2. The third-order valence-corrected chi connectivity index (χ3v) is 3.89. The molecule has 0 saturated carbocycles. The van der Waals surface area contributed by atoms with Crippen LogP contribution in [0.1, 0.15) is 37.7 Å². The second kappa shape index (κ2) is 8.67. The fourth-order valence-electron chi connectivity index (χ4n) is 2.56. The molecule has 0 atom stereocenters. The first-order valence-electron chi connectivity index (χ1n) is 8.07. The number of aromatic nitrogens is 1. The number of nitrogens with one attached hydrogen (secondary N) is 2. The quantitative estimate of drug-likeness (QED) is 0.754. The van der Waals surface area contributed by atoms with Gasteiger partial charge >= 0.3 is 11.9 Å². The van der Waals surface area contributed by atoms with Gasteiger partial charge in [-0.25, -0.2) is 9.59 Å². The molecule has 1 aromatic carbocycles. The Morgan fingerprint density at radius 1 is 1.15 bits per heavy atom. The van der Waals surface area contributed by atoms with Gasteiger partial charge in [0, 0.05) is 11.4 Å². The first kappa shape index (κ1) is 19.7. The van der Waals surface area contributed by atoms with Crippen molar-refractivity contribution in [2.24, 2.45) is 0 Å². The topological polar surface area (TPSA) is 121 Å². The highest BCUT2D eigenvalue weighted by Crippen LogP contribution is 2.19. The molecule has 0 bridgehead atoms. The summed E-state index contributed by atoms with van der Waals surface area (Å²) in [4.78, 5) is 38.7. The van der Waals surface area contributed by atoms with E-state index in [4.69, 9.17) is 10.00 Å². The van der Waals surface area contributed by atoms with Gasteiger partial charge in [0.25, 0.3) is 5.91 Å². The molecule has 0 radical (unpaired) electrons. The Kier molecular flexibility index (Phi) is 6.33. The number of hydrogen-bond acceptors (Lipinski definition) is 6. The number of hydrogen-bond donors (Lipinski definition) is 2. The SMILES string of the molecule is COC(=O)c1c(C)[nH]c(C(=O)OCC(=O)Nc2ccc(CC#N)cc2)c1C. The summed E-state index contributed by atoms with van der Waals surface area (Å²) < 4.78 is 9.70. The summed E-state index contributed by atoms with van der Waals surface area (Å²) in [7, 11) is 1.25. The molecule has 0 aliphatic heterocycles. The maximum atomic E-state index is 12.2. The van der Waals surface area contributed by atoms with Crippen LogP contribution in [0, 0.1) is 25.2 Å². The van der Waals surface area contributed by atoms with E-state index in [9.17, 15) is 14.4 Å². The van der Waals surface area contributed by atoms with Gasteiger partial charge in [-0.3, -0.25) is 4.79 Å². The highest BCUT2D eigenvalue weighted by molar-refractivity contribution is 5.99. The van der Waals surface area contributed by atoms with Crippen molar-refractivity contribution in [3.63, 3.8) is 0 Å². The summed E-state index contributed by atoms with van der Waals surface area (Å²) in [5.74, 6) is -1.81. The lowest BCUT2D eigenvalue weighted by Crippen LogP contribution is -2.21. The van der Waals surface area contributed by atoms with E-state index in [2.05, 4.69) is 15.0 Å². The van der Waals surface area contributed by atoms with Crippen LogP contribution in [0.15, 0.2) is 24.3 Å². The Morgan fingerprint density at radius 3 is 2.41 bits per heavy atom. The molecule has 2 aromatic rings. The molecule has 1 amide bonds. The van der Waals surface area contributed by atoms with Gasteiger partial charge in [0.05, 0.1) is 25.2 Å². The van der Waals surface area contributed by atoms with Gasteiger partial charge in [0.15, 0.2) is 6.61 Å². The number of aryl methyl sites for hydroxylation is 1. The van der Waals surface area contributed by atoms with Crippen LogP contribution in [0.3, 0.4) is 0 Å². The lowest BCUT2D eigenvalue weighted by molar-refractivity contribution is -0.119. The van der Waals surface area contributed by atoms with Crippen LogP contribution in [0.2, 0.25) is 0 Å². The third-order valence-electron chi connectivity index (χ3n) is 3.89. The predicted octanol–water partition coefficient (Wildman–Crippen LogP) is 2.28. The average Bonchev–Trinajstić information content (AvgIpc) is 2.95. The summed E-state index contributed by atoms with van der Waals surface area (Å²) in [6.45, 7) is 2.75. The first-order valence-corrected chi connectivity index (χ1v) is 8.07. The standard InChI is InChI=1S/C19H19N3O5/c1-11-16(18(24)26-3)12(2)21-17(11)19(25)27-10-15(23)22-14-6-4-13(5-7-14)8-9-20/h4-7,21H,8,10H2,1-3H3,(H,22,23). The van der Waals surface area contributed by atoms with E-state index in [1.54, 1.807) is 38.1 Å². The Balaban J connectivity index is 1.96. The van der Waals surface area contributed by atoms with E-state index in [1.165, 1.54) is 7.11 Å². The van der Waals surface area contributed by atoms with Crippen LogP contribution in [0.5, 0.6) is 0 Å². The number of benzene rings is 1. The molecule has 140 valence electrons. The second-order valence-corrected chi connectivity index (χ2v) is 5.77. The lowest BCUT2D eigenvalue weighted by atomic mass is 10.1. The normalized spacial score (nSPS) is 10.0. The molecule has 0 aliphatic carbocycles. The van der Waals surface area contributed by atoms with Crippen LogP contribution in [0.4, 0.5) is 5.69 Å². The number of methoxy groups -OCH3 is 1. The first-order chi connectivity index (χ1) is 12.9. The average molecular weight is 369 g/mol. The molecule has 0 saturated heterocycles. The number of nitrogens with zero attached hydrogens (tertiary/aromatic N) is 1. The maximum Gasteiger partial charge on any atom is 0.355 e. The van der Waals surface area contributed by atoms with Crippen LogP contribution in [-0.2, 0) is 20.7 Å².